The number of nitrogens with zero attached hydrogens (tertiary/aromatic N) is 2. The number of methoxy groups -OCH3 is 1. The van der Waals surface area contributed by atoms with E-state index in [2.05, 4.69) is 10.3 Å². The van der Waals surface area contributed by atoms with Gasteiger partial charge in [-0.25, -0.2) is 4.98 Å². The minimum atomic E-state index is -0.287. The van der Waals surface area contributed by atoms with Crippen molar-refractivity contribution in [2.24, 2.45) is 0 Å². The Hall–Kier alpha value is -1.96. The van der Waals surface area contributed by atoms with Gasteiger partial charge in [-0.2, -0.15) is 0 Å². The minimum Gasteiger partial charge on any atom is -0.385 e. The molecule has 2 aromatic rings. The maximum absolute atomic E-state index is 12.6. The quantitative estimate of drug-likeness (QED) is 0.728. The molecule has 0 fully saturated rings. The second kappa shape index (κ2) is 9.36. The van der Waals surface area contributed by atoms with Gasteiger partial charge >= 0.3 is 0 Å². The Bertz CT molecular complexity index is 662. The SMILES string of the molecule is COCCCN(CC(=O)Nc1nccs1)C(=O)c1ccc(Cl)cc1. The van der Waals surface area contributed by atoms with E-state index in [0.717, 1.165) is 0 Å². The first-order valence-electron chi connectivity index (χ1n) is 7.33. The number of carbonyl (C=O) groups excluding carboxylic acids is 2. The number of ether oxygens (including phenoxy) is 1. The Morgan fingerprint density at radius 1 is 1.33 bits per heavy atom. The molecule has 1 N–H and O–H groups in total. The van der Waals surface area contributed by atoms with Crippen molar-refractivity contribution in [2.75, 3.05) is 32.1 Å². The first kappa shape index (κ1) is 18.4. The van der Waals surface area contributed by atoms with Crippen LogP contribution in [0.15, 0.2) is 35.8 Å². The number of carbonyl (C=O) groups is 2. The number of hydrogen-bond acceptors (Lipinski definition) is 5. The molecule has 0 radical (unpaired) electrons. The number of amides is 2. The molecule has 1 aromatic heterocycles. The third-order valence-electron chi connectivity index (χ3n) is 3.17. The molecule has 6 nitrogen and oxygen atoms in total. The van der Waals surface area contributed by atoms with Crippen LogP contribution in [0.5, 0.6) is 0 Å². The van der Waals surface area contributed by atoms with Gasteiger partial charge in [0, 0.05) is 42.4 Å². The fourth-order valence-corrected chi connectivity index (χ4v) is 2.72. The maximum atomic E-state index is 12.6. The molecule has 2 amide bonds. The summed E-state index contributed by atoms with van der Waals surface area (Å²) in [5, 5.41) is 5.51. The standard InChI is InChI=1S/C16H18ClN3O3S/c1-23-9-2-8-20(11-14(21)19-16-18-7-10-24-16)15(22)12-3-5-13(17)6-4-12/h3-7,10H,2,8-9,11H2,1H3,(H,18,19,21). The largest absolute Gasteiger partial charge is 0.385 e. The Kier molecular flexibility index (Phi) is 7.17. The number of hydrogen-bond donors (Lipinski definition) is 1. The molecule has 8 heteroatoms. The van der Waals surface area contributed by atoms with Crippen molar-refractivity contribution in [2.45, 2.75) is 6.42 Å². The number of nitrogens with one attached hydrogen (secondary N) is 1. The zero-order valence-electron chi connectivity index (χ0n) is 13.2. The Morgan fingerprint density at radius 2 is 2.08 bits per heavy atom. The van der Waals surface area contributed by atoms with Crippen molar-refractivity contribution in [1.29, 1.82) is 0 Å². The van der Waals surface area contributed by atoms with E-state index in [4.69, 9.17) is 16.3 Å². The molecule has 0 bridgehead atoms. The Labute approximate surface area is 149 Å². The van der Waals surface area contributed by atoms with Gasteiger partial charge in [-0.15, -0.1) is 11.3 Å². The highest BCUT2D eigenvalue weighted by Crippen LogP contribution is 2.13. The van der Waals surface area contributed by atoms with Gasteiger partial charge in [0.25, 0.3) is 5.91 Å². The first-order valence-corrected chi connectivity index (χ1v) is 8.59. The molecule has 1 aromatic carbocycles. The number of rotatable bonds is 8. The van der Waals surface area contributed by atoms with Crippen molar-refractivity contribution in [1.82, 2.24) is 9.88 Å². The lowest BCUT2D eigenvalue weighted by Crippen LogP contribution is -2.39. The number of aromatic nitrogens is 1. The van der Waals surface area contributed by atoms with Crippen LogP contribution in [0.3, 0.4) is 0 Å². The van der Waals surface area contributed by atoms with Crippen LogP contribution >= 0.6 is 22.9 Å². The molecule has 24 heavy (non-hydrogen) atoms. The van der Waals surface area contributed by atoms with E-state index in [9.17, 15) is 9.59 Å². The number of thiazole rings is 1. The van der Waals surface area contributed by atoms with E-state index < -0.39 is 0 Å². The van der Waals surface area contributed by atoms with Crippen molar-refractivity contribution in [3.05, 3.63) is 46.4 Å². The third-order valence-corrected chi connectivity index (χ3v) is 4.11. The summed E-state index contributed by atoms with van der Waals surface area (Å²) in [5.41, 5.74) is 0.485. The second-order valence-electron chi connectivity index (χ2n) is 4.97. The van der Waals surface area contributed by atoms with E-state index >= 15 is 0 Å². The van der Waals surface area contributed by atoms with Crippen LogP contribution in [0.2, 0.25) is 5.02 Å². The molecule has 0 spiro atoms. The lowest BCUT2D eigenvalue weighted by Gasteiger charge is -2.22. The minimum absolute atomic E-state index is 0.0508. The normalized spacial score (nSPS) is 10.4. The Morgan fingerprint density at radius 3 is 2.71 bits per heavy atom. The zero-order chi connectivity index (χ0) is 17.4. The smallest absolute Gasteiger partial charge is 0.254 e. The molecular formula is C16H18ClN3O3S. The van der Waals surface area contributed by atoms with Crippen molar-refractivity contribution >= 4 is 39.9 Å². The third kappa shape index (κ3) is 5.59. The number of benzene rings is 1. The molecule has 128 valence electrons. The summed E-state index contributed by atoms with van der Waals surface area (Å²) in [6.07, 6.45) is 2.25. The van der Waals surface area contributed by atoms with E-state index in [1.54, 1.807) is 43.0 Å². The van der Waals surface area contributed by atoms with Gasteiger partial charge in [0.2, 0.25) is 5.91 Å². The molecule has 0 aliphatic heterocycles. The van der Waals surface area contributed by atoms with E-state index in [-0.39, 0.29) is 18.4 Å². The summed E-state index contributed by atoms with van der Waals surface area (Å²) in [6.45, 7) is 0.879. The van der Waals surface area contributed by atoms with Gasteiger partial charge in [-0.1, -0.05) is 11.6 Å². The van der Waals surface area contributed by atoms with Crippen LogP contribution in [-0.2, 0) is 9.53 Å². The van der Waals surface area contributed by atoms with E-state index in [1.807, 2.05) is 0 Å². The molecule has 0 unspecified atom stereocenters. The monoisotopic (exact) mass is 367 g/mol. The predicted molar refractivity (Wildman–Crippen MR) is 94.6 cm³/mol. The maximum Gasteiger partial charge on any atom is 0.254 e. The molecule has 0 saturated heterocycles. The lowest BCUT2D eigenvalue weighted by atomic mass is 10.2. The zero-order valence-corrected chi connectivity index (χ0v) is 14.8. The Balaban J connectivity index is 2.03. The van der Waals surface area contributed by atoms with Gasteiger partial charge < -0.3 is 15.0 Å². The van der Waals surface area contributed by atoms with E-state index in [1.165, 1.54) is 16.2 Å². The summed E-state index contributed by atoms with van der Waals surface area (Å²) in [5.74, 6) is -0.512. The molecule has 0 aliphatic rings. The van der Waals surface area contributed by atoms with Gasteiger partial charge in [-0.05, 0) is 30.7 Å². The highest BCUT2D eigenvalue weighted by Gasteiger charge is 2.19. The average Bonchev–Trinajstić information content (AvgIpc) is 3.07. The summed E-state index contributed by atoms with van der Waals surface area (Å²) in [4.78, 5) is 30.3. The van der Waals surface area contributed by atoms with Crippen LogP contribution in [-0.4, -0.2) is 48.5 Å². The van der Waals surface area contributed by atoms with Crippen molar-refractivity contribution in [3.63, 3.8) is 0 Å². The highest BCUT2D eigenvalue weighted by molar-refractivity contribution is 7.13. The topological polar surface area (TPSA) is 71.5 Å². The molecule has 0 atom stereocenters. The van der Waals surface area contributed by atoms with Gasteiger partial charge in [0.05, 0.1) is 0 Å². The molecule has 0 aliphatic carbocycles. The van der Waals surface area contributed by atoms with Crippen LogP contribution in [0.25, 0.3) is 0 Å². The van der Waals surface area contributed by atoms with Gasteiger partial charge in [0.1, 0.15) is 6.54 Å². The summed E-state index contributed by atoms with van der Waals surface area (Å²) in [7, 11) is 1.60. The number of anilines is 1. The van der Waals surface area contributed by atoms with Crippen LogP contribution in [0.1, 0.15) is 16.8 Å². The second-order valence-corrected chi connectivity index (χ2v) is 6.30. The van der Waals surface area contributed by atoms with Crippen LogP contribution in [0.4, 0.5) is 5.13 Å². The van der Waals surface area contributed by atoms with E-state index in [0.29, 0.717) is 35.3 Å². The van der Waals surface area contributed by atoms with Crippen LogP contribution < -0.4 is 5.32 Å². The van der Waals surface area contributed by atoms with Crippen molar-refractivity contribution in [3.8, 4) is 0 Å². The fraction of sp³-hybridized carbons (Fsp3) is 0.312. The fourth-order valence-electron chi connectivity index (χ4n) is 2.04. The lowest BCUT2D eigenvalue weighted by molar-refractivity contribution is -0.116. The summed E-state index contributed by atoms with van der Waals surface area (Å²) < 4.78 is 5.02. The molecule has 0 saturated carbocycles. The highest BCUT2D eigenvalue weighted by atomic mass is 35.5. The predicted octanol–water partition coefficient (Wildman–Crippen LogP) is 2.91. The molecule has 2 rings (SSSR count). The number of halogens is 1. The van der Waals surface area contributed by atoms with Crippen LogP contribution in [0, 0.1) is 0 Å². The first-order chi connectivity index (χ1) is 11.6. The van der Waals surface area contributed by atoms with Gasteiger partial charge in [0.15, 0.2) is 5.13 Å². The average molecular weight is 368 g/mol. The van der Waals surface area contributed by atoms with Gasteiger partial charge in [-0.3, -0.25) is 9.59 Å². The van der Waals surface area contributed by atoms with Crippen molar-refractivity contribution < 1.29 is 14.3 Å². The molecular weight excluding hydrogens is 350 g/mol. The molecule has 1 heterocycles. The summed E-state index contributed by atoms with van der Waals surface area (Å²) >= 11 is 7.18. The summed E-state index contributed by atoms with van der Waals surface area (Å²) in [6, 6.07) is 6.59.